The molecule has 35 heavy (non-hydrogen) atoms. The second-order valence-corrected chi connectivity index (χ2v) is 11.8. The molecular formula is C25H26BrN3O4S2. The van der Waals surface area contributed by atoms with Crippen LogP contribution < -0.4 is 4.90 Å². The number of hydrogen-bond donors (Lipinski definition) is 0. The van der Waals surface area contributed by atoms with Crippen molar-refractivity contribution in [3.8, 4) is 0 Å². The minimum absolute atomic E-state index is 0.175. The number of unbranched alkanes of at least 4 members (excludes halogenated alkanes) is 1. The number of rotatable bonds is 10. The van der Waals surface area contributed by atoms with Crippen molar-refractivity contribution in [1.29, 1.82) is 0 Å². The number of anilines is 1. The van der Waals surface area contributed by atoms with E-state index < -0.39 is 10.0 Å². The molecule has 0 spiro atoms. The maximum Gasteiger partial charge on any atom is 0.260 e. The van der Waals surface area contributed by atoms with E-state index in [1.165, 1.54) is 27.8 Å². The average Bonchev–Trinajstić information content (AvgIpc) is 3.52. The Morgan fingerprint density at radius 1 is 1.11 bits per heavy atom. The number of furan rings is 1. The fourth-order valence-electron chi connectivity index (χ4n) is 3.64. The second kappa shape index (κ2) is 11.0. The molecule has 0 aliphatic carbocycles. The first-order valence-electron chi connectivity index (χ1n) is 11.3. The zero-order valence-corrected chi connectivity index (χ0v) is 22.7. The number of aromatic nitrogens is 1. The first-order chi connectivity index (χ1) is 16.8. The zero-order chi connectivity index (χ0) is 25.0. The highest BCUT2D eigenvalue weighted by Gasteiger charge is 2.25. The van der Waals surface area contributed by atoms with Crippen molar-refractivity contribution in [2.45, 2.75) is 38.1 Å². The molecule has 0 radical (unpaired) electrons. The second-order valence-electron chi connectivity index (χ2n) is 7.95. The lowest BCUT2D eigenvalue weighted by molar-refractivity contribution is 0.0983. The number of carbonyl (C=O) groups is 1. The molecule has 0 unspecified atom stereocenters. The van der Waals surface area contributed by atoms with Gasteiger partial charge in [0.15, 0.2) is 5.13 Å². The lowest BCUT2D eigenvalue weighted by Crippen LogP contribution is -2.32. The van der Waals surface area contributed by atoms with Crippen LogP contribution in [0.15, 0.2) is 74.6 Å². The lowest BCUT2D eigenvalue weighted by atomic mass is 10.2. The summed E-state index contributed by atoms with van der Waals surface area (Å²) in [5, 5.41) is 0.535. The highest BCUT2D eigenvalue weighted by Crippen LogP contribution is 2.32. The normalized spacial score (nSPS) is 11.9. The van der Waals surface area contributed by atoms with Gasteiger partial charge in [-0.15, -0.1) is 0 Å². The molecular weight excluding hydrogens is 550 g/mol. The Hall–Kier alpha value is -2.53. The van der Waals surface area contributed by atoms with E-state index in [0.29, 0.717) is 29.5 Å². The van der Waals surface area contributed by atoms with E-state index in [4.69, 9.17) is 4.42 Å². The van der Waals surface area contributed by atoms with Gasteiger partial charge in [-0.3, -0.25) is 9.69 Å². The largest absolute Gasteiger partial charge is 0.467 e. The van der Waals surface area contributed by atoms with E-state index in [9.17, 15) is 13.2 Å². The summed E-state index contributed by atoms with van der Waals surface area (Å²) in [6.45, 7) is 4.93. The van der Waals surface area contributed by atoms with Crippen LogP contribution in [0, 0.1) is 0 Å². The van der Waals surface area contributed by atoms with E-state index in [1.54, 1.807) is 35.4 Å². The highest BCUT2D eigenvalue weighted by molar-refractivity contribution is 9.10. The van der Waals surface area contributed by atoms with Gasteiger partial charge in [-0.05, 0) is 61.0 Å². The summed E-state index contributed by atoms with van der Waals surface area (Å²) >= 11 is 4.88. The Kier molecular flexibility index (Phi) is 8.05. The van der Waals surface area contributed by atoms with Crippen molar-refractivity contribution < 1.29 is 17.6 Å². The summed E-state index contributed by atoms with van der Waals surface area (Å²) in [6.07, 6.45) is 3.27. The maximum atomic E-state index is 13.6. The van der Waals surface area contributed by atoms with Gasteiger partial charge < -0.3 is 4.42 Å². The van der Waals surface area contributed by atoms with Gasteiger partial charge in [-0.2, -0.15) is 4.31 Å². The number of halogens is 1. The molecule has 0 atom stereocenters. The molecule has 0 fully saturated rings. The molecule has 4 rings (SSSR count). The molecule has 2 aromatic heterocycles. The van der Waals surface area contributed by atoms with Crippen LogP contribution in [0.5, 0.6) is 0 Å². The molecule has 4 aromatic rings. The molecule has 7 nitrogen and oxygen atoms in total. The maximum absolute atomic E-state index is 13.6. The van der Waals surface area contributed by atoms with E-state index in [1.807, 2.05) is 32.0 Å². The van der Waals surface area contributed by atoms with Gasteiger partial charge in [0.05, 0.1) is 27.9 Å². The van der Waals surface area contributed by atoms with E-state index in [-0.39, 0.29) is 17.3 Å². The third-order valence-corrected chi connectivity index (χ3v) is 9.09. The van der Waals surface area contributed by atoms with Crippen LogP contribution >= 0.6 is 27.3 Å². The molecule has 0 aliphatic heterocycles. The van der Waals surface area contributed by atoms with Crippen molar-refractivity contribution in [2.75, 3.05) is 18.0 Å². The van der Waals surface area contributed by atoms with Gasteiger partial charge in [0.2, 0.25) is 10.0 Å². The topological polar surface area (TPSA) is 83.7 Å². The fraction of sp³-hybridized carbons (Fsp3) is 0.280. The van der Waals surface area contributed by atoms with Crippen LogP contribution in [0.3, 0.4) is 0 Å². The highest BCUT2D eigenvalue weighted by atomic mass is 79.9. The first-order valence-corrected chi connectivity index (χ1v) is 14.4. The Labute approximate surface area is 217 Å². The summed E-state index contributed by atoms with van der Waals surface area (Å²) in [5.41, 5.74) is 1.16. The molecule has 10 heteroatoms. The molecule has 184 valence electrons. The molecule has 2 aromatic carbocycles. The monoisotopic (exact) mass is 575 g/mol. The van der Waals surface area contributed by atoms with Gasteiger partial charge in [-0.1, -0.05) is 47.5 Å². The van der Waals surface area contributed by atoms with E-state index in [2.05, 4.69) is 20.9 Å². The predicted octanol–water partition coefficient (Wildman–Crippen LogP) is 6.31. The molecule has 0 N–H and O–H groups in total. The van der Waals surface area contributed by atoms with E-state index >= 15 is 0 Å². The number of hydrogen-bond acceptors (Lipinski definition) is 6. The zero-order valence-electron chi connectivity index (χ0n) is 19.5. The van der Waals surface area contributed by atoms with Crippen LogP contribution in [0.4, 0.5) is 5.13 Å². The number of benzene rings is 2. The van der Waals surface area contributed by atoms with E-state index in [0.717, 1.165) is 27.5 Å². The average molecular weight is 577 g/mol. The molecule has 0 saturated carbocycles. The lowest BCUT2D eigenvalue weighted by Gasteiger charge is -2.21. The molecule has 1 amide bonds. The van der Waals surface area contributed by atoms with Gasteiger partial charge in [0, 0.05) is 23.1 Å². The summed E-state index contributed by atoms with van der Waals surface area (Å²) in [6, 6.07) is 15.4. The van der Waals surface area contributed by atoms with Crippen molar-refractivity contribution >= 4 is 58.5 Å². The molecule has 2 heterocycles. The van der Waals surface area contributed by atoms with Gasteiger partial charge in [0.1, 0.15) is 5.76 Å². The SMILES string of the molecule is CCCCN(CC)S(=O)(=O)c1ccc(C(=O)N(Cc2ccco2)c2nc3ccc(Br)cc3s2)cc1. The van der Waals surface area contributed by atoms with Crippen molar-refractivity contribution in [3.63, 3.8) is 0 Å². The number of nitrogens with zero attached hydrogens (tertiary/aromatic N) is 3. The molecule has 0 aliphatic rings. The van der Waals surface area contributed by atoms with Gasteiger partial charge in [-0.25, -0.2) is 13.4 Å². The summed E-state index contributed by atoms with van der Waals surface area (Å²) in [5.74, 6) is 0.328. The smallest absolute Gasteiger partial charge is 0.260 e. The van der Waals surface area contributed by atoms with Crippen LogP contribution in [0.25, 0.3) is 10.2 Å². The van der Waals surface area contributed by atoms with Gasteiger partial charge >= 0.3 is 0 Å². The fourth-order valence-corrected chi connectivity index (χ4v) is 6.65. The number of fused-ring (bicyclic) bond motifs is 1. The number of sulfonamides is 1. The number of amides is 1. The van der Waals surface area contributed by atoms with Crippen LogP contribution in [0.2, 0.25) is 0 Å². The third-order valence-electron chi connectivity index (χ3n) is 5.56. The Morgan fingerprint density at radius 3 is 2.54 bits per heavy atom. The summed E-state index contributed by atoms with van der Waals surface area (Å²) in [7, 11) is -3.62. The van der Waals surface area contributed by atoms with Crippen LogP contribution in [0.1, 0.15) is 42.8 Å². The van der Waals surface area contributed by atoms with Crippen molar-refractivity contribution in [3.05, 3.63) is 76.7 Å². The number of carbonyl (C=O) groups excluding carboxylic acids is 1. The standard InChI is InChI=1S/C25H26BrN3O4S2/c1-3-5-14-28(4-2)35(31,32)21-11-8-18(9-12-21)24(30)29(17-20-7-6-15-33-20)25-27-22-13-10-19(26)16-23(22)34-25/h6-13,15-16H,3-5,14,17H2,1-2H3. The third kappa shape index (κ3) is 5.66. The minimum atomic E-state index is -3.62. The summed E-state index contributed by atoms with van der Waals surface area (Å²) in [4.78, 5) is 20.0. The first kappa shape index (κ1) is 25.6. The predicted molar refractivity (Wildman–Crippen MR) is 142 cm³/mol. The van der Waals surface area contributed by atoms with Crippen LogP contribution in [-0.2, 0) is 16.6 Å². The Balaban J connectivity index is 1.65. The van der Waals surface area contributed by atoms with Gasteiger partial charge in [0.25, 0.3) is 5.91 Å². The quantitative estimate of drug-likeness (QED) is 0.221. The number of thiazole rings is 1. The molecule has 0 saturated heterocycles. The van der Waals surface area contributed by atoms with Crippen molar-refractivity contribution in [2.24, 2.45) is 0 Å². The van der Waals surface area contributed by atoms with Crippen LogP contribution in [-0.4, -0.2) is 36.7 Å². The Bertz CT molecular complexity index is 1400. The van der Waals surface area contributed by atoms with Crippen molar-refractivity contribution in [1.82, 2.24) is 9.29 Å². The summed E-state index contributed by atoms with van der Waals surface area (Å²) < 4.78 is 34.9. The molecule has 0 bridgehead atoms. The Morgan fingerprint density at radius 2 is 1.89 bits per heavy atom. The minimum Gasteiger partial charge on any atom is -0.467 e.